The van der Waals surface area contributed by atoms with Crippen LogP contribution < -0.4 is 10.1 Å². The smallest absolute Gasteiger partial charge is 0.297 e. The Morgan fingerprint density at radius 2 is 2.00 bits per heavy atom. The standard InChI is InChI=1S/C22H22F2N4O3S/c1-12-8-27-22(32-12)15-5-14(6-18(7-15)31-17-3-4-30-11-17)21(29)28-13(2)16-9-25-20(19(23)24)26-10-16/h5-10,13,17,19H,3-4,11H2,1-2H3,(H,28,29)/t13?,17-/m1/s1. The summed E-state index contributed by atoms with van der Waals surface area (Å²) >= 11 is 1.53. The number of ether oxygens (including phenoxy) is 2. The van der Waals surface area contributed by atoms with Gasteiger partial charge in [0.05, 0.1) is 19.3 Å². The highest BCUT2D eigenvalue weighted by molar-refractivity contribution is 7.14. The molecular weight excluding hydrogens is 438 g/mol. The summed E-state index contributed by atoms with van der Waals surface area (Å²) in [5.41, 5.74) is 1.71. The average Bonchev–Trinajstić information content (AvgIpc) is 3.45. The number of aromatic nitrogens is 3. The molecule has 1 aliphatic heterocycles. The summed E-state index contributed by atoms with van der Waals surface area (Å²) in [6, 6.07) is 4.83. The highest BCUT2D eigenvalue weighted by Crippen LogP contribution is 2.31. The van der Waals surface area contributed by atoms with Gasteiger partial charge >= 0.3 is 0 Å². The van der Waals surface area contributed by atoms with Gasteiger partial charge in [-0.3, -0.25) is 4.79 Å². The van der Waals surface area contributed by atoms with Gasteiger partial charge in [0.1, 0.15) is 16.9 Å². The van der Waals surface area contributed by atoms with E-state index in [0.717, 1.165) is 21.9 Å². The van der Waals surface area contributed by atoms with Crippen molar-refractivity contribution in [2.45, 2.75) is 38.8 Å². The number of carbonyl (C=O) groups excluding carboxylic acids is 1. The molecule has 3 aromatic rings. The van der Waals surface area contributed by atoms with Gasteiger partial charge in [0.15, 0.2) is 5.82 Å². The van der Waals surface area contributed by atoms with Crippen LogP contribution in [0.1, 0.15) is 52.4 Å². The second-order valence-corrected chi connectivity index (χ2v) is 8.73. The SMILES string of the molecule is Cc1cnc(-c2cc(O[C@@H]3CCOC3)cc(C(=O)NC(C)c3cnc(C(F)F)nc3)c2)s1. The fourth-order valence-electron chi connectivity index (χ4n) is 3.26. The molecule has 1 N–H and O–H groups in total. The van der Waals surface area contributed by atoms with E-state index in [1.807, 2.05) is 13.0 Å². The van der Waals surface area contributed by atoms with Crippen LogP contribution in [0, 0.1) is 6.92 Å². The van der Waals surface area contributed by atoms with Gasteiger partial charge in [-0.2, -0.15) is 0 Å². The maximum Gasteiger partial charge on any atom is 0.297 e. The molecule has 2 atom stereocenters. The lowest BCUT2D eigenvalue weighted by Gasteiger charge is -2.17. The molecule has 3 heterocycles. The van der Waals surface area contributed by atoms with Gasteiger partial charge in [-0.1, -0.05) is 0 Å². The molecule has 32 heavy (non-hydrogen) atoms. The molecule has 0 radical (unpaired) electrons. The molecule has 1 unspecified atom stereocenters. The number of benzene rings is 1. The number of nitrogens with one attached hydrogen (secondary N) is 1. The Morgan fingerprint density at radius 1 is 1.22 bits per heavy atom. The summed E-state index contributed by atoms with van der Waals surface area (Å²) in [6.07, 6.45) is 2.35. The molecule has 1 aromatic carbocycles. The number of hydrogen-bond donors (Lipinski definition) is 1. The number of thiazole rings is 1. The molecule has 1 aliphatic rings. The van der Waals surface area contributed by atoms with E-state index in [1.54, 1.807) is 25.3 Å². The van der Waals surface area contributed by atoms with Gasteiger partial charge in [-0.15, -0.1) is 11.3 Å². The monoisotopic (exact) mass is 460 g/mol. The molecule has 0 bridgehead atoms. The Kier molecular flexibility index (Phi) is 6.71. The summed E-state index contributed by atoms with van der Waals surface area (Å²) in [7, 11) is 0. The van der Waals surface area contributed by atoms with Crippen LogP contribution in [-0.2, 0) is 4.74 Å². The minimum Gasteiger partial charge on any atom is -0.488 e. The van der Waals surface area contributed by atoms with Crippen molar-refractivity contribution in [3.63, 3.8) is 0 Å². The van der Waals surface area contributed by atoms with E-state index in [1.165, 1.54) is 23.7 Å². The molecule has 1 amide bonds. The Morgan fingerprint density at radius 3 is 2.62 bits per heavy atom. The van der Waals surface area contributed by atoms with Crippen LogP contribution in [0.3, 0.4) is 0 Å². The molecule has 0 aliphatic carbocycles. The molecular formula is C22H22F2N4O3S. The third-order valence-corrected chi connectivity index (χ3v) is 5.92. The Balaban J connectivity index is 1.56. The lowest BCUT2D eigenvalue weighted by atomic mass is 10.1. The van der Waals surface area contributed by atoms with Crippen molar-refractivity contribution < 1.29 is 23.0 Å². The number of alkyl halides is 2. The fourth-order valence-corrected chi connectivity index (χ4v) is 4.01. The zero-order chi connectivity index (χ0) is 22.7. The van der Waals surface area contributed by atoms with E-state index < -0.39 is 18.3 Å². The van der Waals surface area contributed by atoms with Crippen LogP contribution in [-0.4, -0.2) is 40.2 Å². The van der Waals surface area contributed by atoms with Crippen molar-refractivity contribution in [3.8, 4) is 16.3 Å². The lowest BCUT2D eigenvalue weighted by Crippen LogP contribution is -2.27. The number of carbonyl (C=O) groups is 1. The first-order valence-corrected chi connectivity index (χ1v) is 10.9. The van der Waals surface area contributed by atoms with Crippen molar-refractivity contribution in [2.24, 2.45) is 0 Å². The first-order chi connectivity index (χ1) is 15.4. The van der Waals surface area contributed by atoms with Crippen molar-refractivity contribution >= 4 is 17.2 Å². The summed E-state index contributed by atoms with van der Waals surface area (Å²) in [5, 5.41) is 3.65. The van der Waals surface area contributed by atoms with Gasteiger partial charge < -0.3 is 14.8 Å². The van der Waals surface area contributed by atoms with Crippen LogP contribution in [0.5, 0.6) is 5.75 Å². The van der Waals surface area contributed by atoms with Crippen molar-refractivity contribution in [2.75, 3.05) is 13.2 Å². The molecule has 1 saturated heterocycles. The van der Waals surface area contributed by atoms with Crippen LogP contribution in [0.25, 0.3) is 10.6 Å². The normalized spacial score (nSPS) is 16.8. The van der Waals surface area contributed by atoms with Gasteiger partial charge in [-0.05, 0) is 32.0 Å². The zero-order valence-electron chi connectivity index (χ0n) is 17.5. The van der Waals surface area contributed by atoms with Crippen LogP contribution in [0.2, 0.25) is 0 Å². The molecule has 10 heteroatoms. The third-order valence-electron chi connectivity index (χ3n) is 4.96. The van der Waals surface area contributed by atoms with E-state index in [0.29, 0.717) is 30.1 Å². The summed E-state index contributed by atoms with van der Waals surface area (Å²) in [6.45, 7) is 4.86. The van der Waals surface area contributed by atoms with Crippen LogP contribution in [0.15, 0.2) is 36.8 Å². The second-order valence-electron chi connectivity index (χ2n) is 7.50. The van der Waals surface area contributed by atoms with Gasteiger partial charge in [0.2, 0.25) is 0 Å². The van der Waals surface area contributed by atoms with Gasteiger partial charge in [0.25, 0.3) is 12.3 Å². The maximum atomic E-state index is 13.0. The van der Waals surface area contributed by atoms with E-state index >= 15 is 0 Å². The maximum absolute atomic E-state index is 13.0. The van der Waals surface area contributed by atoms with Gasteiger partial charge in [-0.25, -0.2) is 23.7 Å². The topological polar surface area (TPSA) is 86.2 Å². The first kappa shape index (κ1) is 22.2. The number of nitrogens with zero attached hydrogens (tertiary/aromatic N) is 3. The van der Waals surface area contributed by atoms with Crippen molar-refractivity contribution in [1.29, 1.82) is 0 Å². The van der Waals surface area contributed by atoms with E-state index in [4.69, 9.17) is 9.47 Å². The fraction of sp³-hybridized carbons (Fsp3) is 0.364. The number of aryl methyl sites for hydroxylation is 1. The van der Waals surface area contributed by atoms with Crippen LogP contribution >= 0.6 is 11.3 Å². The molecule has 2 aromatic heterocycles. The Labute approximate surface area is 187 Å². The van der Waals surface area contributed by atoms with Crippen molar-refractivity contribution in [3.05, 3.63) is 58.6 Å². The Hall–Kier alpha value is -2.98. The second kappa shape index (κ2) is 9.66. The third kappa shape index (κ3) is 5.25. The Bertz CT molecular complexity index is 1090. The molecule has 7 nitrogen and oxygen atoms in total. The molecule has 0 saturated carbocycles. The number of hydrogen-bond acceptors (Lipinski definition) is 7. The van der Waals surface area contributed by atoms with Gasteiger partial charge in [0, 0.05) is 46.6 Å². The zero-order valence-corrected chi connectivity index (χ0v) is 18.4. The van der Waals surface area contributed by atoms with E-state index in [2.05, 4.69) is 20.3 Å². The number of rotatable bonds is 7. The van der Waals surface area contributed by atoms with Crippen molar-refractivity contribution in [1.82, 2.24) is 20.3 Å². The molecule has 0 spiro atoms. The summed E-state index contributed by atoms with van der Waals surface area (Å²) in [5.74, 6) is -0.317. The quantitative estimate of drug-likeness (QED) is 0.559. The number of amides is 1. The van der Waals surface area contributed by atoms with Crippen LogP contribution in [0.4, 0.5) is 8.78 Å². The molecule has 4 rings (SSSR count). The minimum absolute atomic E-state index is 0.0661. The minimum atomic E-state index is -2.74. The van der Waals surface area contributed by atoms with E-state index in [-0.39, 0.29) is 12.0 Å². The predicted octanol–water partition coefficient (Wildman–Crippen LogP) is 4.50. The molecule has 168 valence electrons. The molecule has 1 fully saturated rings. The first-order valence-electron chi connectivity index (χ1n) is 10.1. The average molecular weight is 461 g/mol. The van der Waals surface area contributed by atoms with E-state index in [9.17, 15) is 13.6 Å². The lowest BCUT2D eigenvalue weighted by molar-refractivity contribution is 0.0938. The summed E-state index contributed by atoms with van der Waals surface area (Å²) in [4.78, 5) is 25.8. The highest BCUT2D eigenvalue weighted by atomic mass is 32.1. The predicted molar refractivity (Wildman–Crippen MR) is 115 cm³/mol. The summed E-state index contributed by atoms with van der Waals surface area (Å²) < 4.78 is 36.8. The number of halogens is 2. The highest BCUT2D eigenvalue weighted by Gasteiger charge is 2.20. The largest absolute Gasteiger partial charge is 0.488 e.